The molecule has 0 atom stereocenters. The minimum absolute atomic E-state index is 0.228. The normalized spacial score (nSPS) is 10.4. The monoisotopic (exact) mass is 242 g/mol. The molecule has 0 spiro atoms. The Morgan fingerprint density at radius 3 is 2.88 bits per heavy atom. The molecule has 0 radical (unpaired) electrons. The van der Waals surface area contributed by atoms with Gasteiger partial charge in [0.25, 0.3) is 0 Å². The summed E-state index contributed by atoms with van der Waals surface area (Å²) in [5.74, 6) is -0.228. The lowest BCUT2D eigenvalue weighted by Gasteiger charge is -1.98. The van der Waals surface area contributed by atoms with Gasteiger partial charge in [0.15, 0.2) is 0 Å². The van der Waals surface area contributed by atoms with Crippen LogP contribution in [0.25, 0.3) is 0 Å². The molecule has 0 amide bonds. The molecule has 0 bridgehead atoms. The molecule has 0 unspecified atom stereocenters. The van der Waals surface area contributed by atoms with E-state index in [9.17, 15) is 4.79 Å². The third kappa shape index (κ3) is 4.33. The van der Waals surface area contributed by atoms with Crippen molar-refractivity contribution in [1.82, 2.24) is 0 Å². The Balaban J connectivity index is 2.36. The average molecular weight is 242 g/mol. The van der Waals surface area contributed by atoms with Crippen LogP contribution in [-0.2, 0) is 11.2 Å². The fourth-order valence-electron chi connectivity index (χ4n) is 1.41. The van der Waals surface area contributed by atoms with Crippen LogP contribution >= 0.6 is 11.3 Å². The van der Waals surface area contributed by atoms with Crippen LogP contribution in [0, 0.1) is 0 Å². The van der Waals surface area contributed by atoms with Crippen molar-refractivity contribution in [2.75, 3.05) is 13.2 Å². The van der Waals surface area contributed by atoms with Crippen molar-refractivity contribution in [3.8, 4) is 0 Å². The largest absolute Gasteiger partial charge is 0.462 e. The predicted octanol–water partition coefficient (Wildman–Crippen LogP) is 2.63. The molecule has 3 nitrogen and oxygen atoms in total. The molecule has 0 saturated heterocycles. The second kappa shape index (κ2) is 7.41. The molecule has 1 heterocycles. The van der Waals surface area contributed by atoms with E-state index >= 15 is 0 Å². The number of aryl methyl sites for hydroxylation is 1. The van der Waals surface area contributed by atoms with Gasteiger partial charge in [0, 0.05) is 11.5 Å². The van der Waals surface area contributed by atoms with Crippen LogP contribution in [0.1, 0.15) is 40.7 Å². The molecular formula is C12H18O3S. The van der Waals surface area contributed by atoms with Crippen molar-refractivity contribution in [3.63, 3.8) is 0 Å². The number of carbonyl (C=O) groups is 1. The summed E-state index contributed by atoms with van der Waals surface area (Å²) in [4.78, 5) is 13.3. The second-order valence-electron chi connectivity index (χ2n) is 3.52. The maximum atomic E-state index is 11.4. The minimum atomic E-state index is -0.228. The van der Waals surface area contributed by atoms with Crippen molar-refractivity contribution < 1.29 is 14.6 Å². The summed E-state index contributed by atoms with van der Waals surface area (Å²) in [5, 5.41) is 8.64. The molecule has 90 valence electrons. The van der Waals surface area contributed by atoms with Gasteiger partial charge < -0.3 is 9.84 Å². The smallest absolute Gasteiger partial charge is 0.348 e. The molecule has 1 rings (SSSR count). The number of aliphatic hydroxyl groups is 1. The molecule has 0 saturated carbocycles. The van der Waals surface area contributed by atoms with E-state index in [2.05, 4.69) is 0 Å². The molecule has 16 heavy (non-hydrogen) atoms. The Morgan fingerprint density at radius 1 is 1.38 bits per heavy atom. The Morgan fingerprint density at radius 2 is 2.19 bits per heavy atom. The zero-order chi connectivity index (χ0) is 11.8. The van der Waals surface area contributed by atoms with E-state index in [1.807, 2.05) is 12.1 Å². The Bertz CT molecular complexity index is 320. The highest BCUT2D eigenvalue weighted by Gasteiger charge is 2.09. The maximum absolute atomic E-state index is 11.4. The van der Waals surface area contributed by atoms with E-state index < -0.39 is 0 Å². The number of thiophene rings is 1. The fraction of sp³-hybridized carbons (Fsp3) is 0.583. The first-order chi connectivity index (χ1) is 7.77. The first kappa shape index (κ1) is 13.2. The third-order valence-electron chi connectivity index (χ3n) is 2.22. The van der Waals surface area contributed by atoms with E-state index in [1.165, 1.54) is 16.2 Å². The summed E-state index contributed by atoms with van der Waals surface area (Å²) < 4.78 is 4.92. The van der Waals surface area contributed by atoms with Crippen molar-refractivity contribution in [2.45, 2.75) is 32.6 Å². The van der Waals surface area contributed by atoms with Crippen molar-refractivity contribution in [2.24, 2.45) is 0 Å². The number of ether oxygens (including phenoxy) is 1. The number of carbonyl (C=O) groups excluding carboxylic acids is 1. The van der Waals surface area contributed by atoms with Gasteiger partial charge >= 0.3 is 5.97 Å². The summed E-state index contributed by atoms with van der Waals surface area (Å²) in [6.45, 7) is 2.49. The van der Waals surface area contributed by atoms with Crippen LogP contribution in [-0.4, -0.2) is 24.3 Å². The molecule has 0 aliphatic heterocycles. The summed E-state index contributed by atoms with van der Waals surface area (Å²) in [7, 11) is 0. The average Bonchev–Trinajstić information content (AvgIpc) is 2.73. The molecule has 4 heteroatoms. The van der Waals surface area contributed by atoms with Gasteiger partial charge in [-0.15, -0.1) is 11.3 Å². The fourth-order valence-corrected chi connectivity index (χ4v) is 2.36. The molecular weight excluding hydrogens is 224 g/mol. The van der Waals surface area contributed by atoms with E-state index in [0.29, 0.717) is 11.5 Å². The van der Waals surface area contributed by atoms with Gasteiger partial charge in [0.05, 0.1) is 6.61 Å². The van der Waals surface area contributed by atoms with Gasteiger partial charge in [-0.1, -0.05) is 6.42 Å². The van der Waals surface area contributed by atoms with Gasteiger partial charge in [-0.25, -0.2) is 4.79 Å². The summed E-state index contributed by atoms with van der Waals surface area (Å²) in [6, 6.07) is 3.81. The van der Waals surface area contributed by atoms with Crippen LogP contribution in [0.4, 0.5) is 0 Å². The number of aliphatic hydroxyl groups excluding tert-OH is 1. The lowest BCUT2D eigenvalue weighted by Crippen LogP contribution is -2.01. The van der Waals surface area contributed by atoms with Crippen molar-refractivity contribution in [1.29, 1.82) is 0 Å². The number of hydrogen-bond donors (Lipinski definition) is 1. The first-order valence-corrected chi connectivity index (χ1v) is 6.46. The number of esters is 1. The third-order valence-corrected chi connectivity index (χ3v) is 3.34. The van der Waals surface area contributed by atoms with Crippen LogP contribution in [0.5, 0.6) is 0 Å². The number of rotatable bonds is 7. The van der Waals surface area contributed by atoms with E-state index in [-0.39, 0.29) is 12.6 Å². The predicted molar refractivity (Wildman–Crippen MR) is 64.9 cm³/mol. The SMILES string of the molecule is CCOC(=O)c1ccc(CCCCCO)s1. The quantitative estimate of drug-likeness (QED) is 0.590. The summed E-state index contributed by atoms with van der Waals surface area (Å²) >= 11 is 1.50. The van der Waals surface area contributed by atoms with E-state index in [4.69, 9.17) is 9.84 Å². The van der Waals surface area contributed by atoms with Crippen LogP contribution in [0.15, 0.2) is 12.1 Å². The summed E-state index contributed by atoms with van der Waals surface area (Å²) in [6.07, 6.45) is 3.92. The van der Waals surface area contributed by atoms with Gasteiger partial charge in [0.1, 0.15) is 4.88 Å². The Labute approximate surface area is 100 Å². The standard InChI is InChI=1S/C12H18O3S/c1-2-15-12(14)11-8-7-10(16-11)6-4-3-5-9-13/h7-8,13H,2-6,9H2,1H3. The molecule has 1 aromatic rings. The molecule has 0 fully saturated rings. The Kier molecular flexibility index (Phi) is 6.11. The Hall–Kier alpha value is -0.870. The highest BCUT2D eigenvalue weighted by molar-refractivity contribution is 7.13. The van der Waals surface area contributed by atoms with Gasteiger partial charge in [-0.3, -0.25) is 0 Å². The van der Waals surface area contributed by atoms with Crippen LogP contribution in [0.2, 0.25) is 0 Å². The van der Waals surface area contributed by atoms with Gasteiger partial charge in [0.2, 0.25) is 0 Å². The molecule has 0 aliphatic carbocycles. The molecule has 1 N–H and O–H groups in total. The zero-order valence-electron chi connectivity index (χ0n) is 9.57. The highest BCUT2D eigenvalue weighted by Crippen LogP contribution is 2.19. The second-order valence-corrected chi connectivity index (χ2v) is 4.69. The maximum Gasteiger partial charge on any atom is 0.348 e. The minimum Gasteiger partial charge on any atom is -0.462 e. The van der Waals surface area contributed by atoms with Crippen LogP contribution in [0.3, 0.4) is 0 Å². The van der Waals surface area contributed by atoms with Gasteiger partial charge in [-0.05, 0) is 38.3 Å². The van der Waals surface area contributed by atoms with Crippen molar-refractivity contribution in [3.05, 3.63) is 21.9 Å². The molecule has 1 aromatic heterocycles. The molecule has 0 aliphatic rings. The lowest BCUT2D eigenvalue weighted by atomic mass is 10.2. The van der Waals surface area contributed by atoms with E-state index in [1.54, 1.807) is 6.92 Å². The van der Waals surface area contributed by atoms with Crippen LogP contribution < -0.4 is 0 Å². The van der Waals surface area contributed by atoms with Crippen molar-refractivity contribution >= 4 is 17.3 Å². The van der Waals surface area contributed by atoms with E-state index in [0.717, 1.165) is 25.7 Å². The molecule has 0 aromatic carbocycles. The number of hydrogen-bond acceptors (Lipinski definition) is 4. The number of unbranched alkanes of at least 4 members (excludes halogenated alkanes) is 2. The highest BCUT2D eigenvalue weighted by atomic mass is 32.1. The topological polar surface area (TPSA) is 46.5 Å². The lowest BCUT2D eigenvalue weighted by molar-refractivity contribution is 0.0532. The zero-order valence-corrected chi connectivity index (χ0v) is 10.4. The first-order valence-electron chi connectivity index (χ1n) is 5.64. The van der Waals surface area contributed by atoms with Gasteiger partial charge in [-0.2, -0.15) is 0 Å². The summed E-state index contributed by atoms with van der Waals surface area (Å²) in [5.41, 5.74) is 0.